The van der Waals surface area contributed by atoms with E-state index in [1.54, 1.807) is 0 Å². The molecule has 1 saturated heterocycles. The largest absolute Gasteiger partial charge is 0.481 e. The van der Waals surface area contributed by atoms with Gasteiger partial charge >= 0.3 is 5.97 Å². The maximum atomic E-state index is 11.7. The smallest absolute Gasteiger partial charge is 0.307 e. The van der Waals surface area contributed by atoms with Gasteiger partial charge in [0.05, 0.1) is 18.1 Å². The predicted molar refractivity (Wildman–Crippen MR) is 71.4 cm³/mol. The van der Waals surface area contributed by atoms with Gasteiger partial charge in [-0.1, -0.05) is 0 Å². The summed E-state index contributed by atoms with van der Waals surface area (Å²) < 4.78 is 24.2. The Bertz CT molecular complexity index is 496. The molecule has 1 saturated carbocycles. The number of hydrogen-bond donors (Lipinski definition) is 2. The van der Waals surface area contributed by atoms with E-state index in [9.17, 15) is 18.0 Å². The first kappa shape index (κ1) is 15.2. The van der Waals surface area contributed by atoms with Crippen LogP contribution in [0.25, 0.3) is 0 Å². The van der Waals surface area contributed by atoms with E-state index in [1.165, 1.54) is 10.6 Å². The van der Waals surface area contributed by atoms with Crippen molar-refractivity contribution in [1.29, 1.82) is 0 Å². The molecule has 0 bridgehead atoms. The molecule has 2 unspecified atom stereocenters. The minimum Gasteiger partial charge on any atom is -0.481 e. The molecule has 0 radical (unpaired) electrons. The second kappa shape index (κ2) is 5.69. The lowest BCUT2D eigenvalue weighted by atomic mass is 9.98. The highest BCUT2D eigenvalue weighted by Crippen LogP contribution is 2.38. The Morgan fingerprint density at radius 1 is 1.25 bits per heavy atom. The Hall–Kier alpha value is -1.15. The zero-order valence-corrected chi connectivity index (χ0v) is 12.2. The minimum atomic E-state index is -3.12. The van der Waals surface area contributed by atoms with Crippen molar-refractivity contribution in [2.45, 2.75) is 19.3 Å². The maximum absolute atomic E-state index is 11.7. The van der Waals surface area contributed by atoms with Crippen molar-refractivity contribution in [3.05, 3.63) is 0 Å². The highest BCUT2D eigenvalue weighted by Gasteiger charge is 2.48. The van der Waals surface area contributed by atoms with E-state index >= 15 is 0 Å². The van der Waals surface area contributed by atoms with Crippen LogP contribution in [0.5, 0.6) is 0 Å². The van der Waals surface area contributed by atoms with Gasteiger partial charge in [-0.2, -0.15) is 0 Å². The van der Waals surface area contributed by atoms with Gasteiger partial charge < -0.3 is 10.4 Å². The van der Waals surface area contributed by atoms with E-state index in [0.29, 0.717) is 26.1 Å². The summed E-state index contributed by atoms with van der Waals surface area (Å²) in [4.78, 5) is 22.4. The lowest BCUT2D eigenvalue weighted by molar-refractivity contribution is -0.140. The van der Waals surface area contributed by atoms with Crippen LogP contribution in [-0.2, 0) is 19.6 Å². The molecule has 8 heteroatoms. The molecule has 2 aliphatic rings. The Kier molecular flexibility index (Phi) is 4.33. The van der Waals surface area contributed by atoms with Gasteiger partial charge in [0.25, 0.3) is 0 Å². The summed E-state index contributed by atoms with van der Waals surface area (Å²) >= 11 is 0. The SMILES string of the molecule is CS(=O)(=O)N1CCC(CNC(=O)C2CC2C(=O)O)CC1. The molecule has 1 heterocycles. The Morgan fingerprint density at radius 2 is 1.85 bits per heavy atom. The molecule has 0 aromatic carbocycles. The summed E-state index contributed by atoms with van der Waals surface area (Å²) in [6, 6.07) is 0. The van der Waals surface area contributed by atoms with Crippen LogP contribution >= 0.6 is 0 Å². The second-order valence-corrected chi connectivity index (χ2v) is 7.62. The lowest BCUT2D eigenvalue weighted by Gasteiger charge is -2.30. The highest BCUT2D eigenvalue weighted by atomic mass is 32.2. The van der Waals surface area contributed by atoms with Gasteiger partial charge in [0.15, 0.2) is 0 Å². The van der Waals surface area contributed by atoms with Crippen molar-refractivity contribution in [1.82, 2.24) is 9.62 Å². The van der Waals surface area contributed by atoms with Crippen LogP contribution in [0, 0.1) is 17.8 Å². The fourth-order valence-electron chi connectivity index (χ4n) is 2.58. The predicted octanol–water partition coefficient (Wildman–Crippen LogP) is -0.505. The van der Waals surface area contributed by atoms with E-state index in [1.807, 2.05) is 0 Å². The molecule has 2 N–H and O–H groups in total. The first-order valence-electron chi connectivity index (χ1n) is 6.74. The fourth-order valence-corrected chi connectivity index (χ4v) is 3.45. The lowest BCUT2D eigenvalue weighted by Crippen LogP contribution is -2.41. The number of nitrogens with zero attached hydrogens (tertiary/aromatic N) is 1. The molecule has 1 aliphatic heterocycles. The van der Waals surface area contributed by atoms with Gasteiger partial charge in [-0.3, -0.25) is 9.59 Å². The van der Waals surface area contributed by atoms with Gasteiger partial charge in [-0.15, -0.1) is 0 Å². The summed E-state index contributed by atoms with van der Waals surface area (Å²) in [7, 11) is -3.12. The quantitative estimate of drug-likeness (QED) is 0.712. The fraction of sp³-hybridized carbons (Fsp3) is 0.833. The third kappa shape index (κ3) is 3.69. The number of sulfonamides is 1. The molecule has 2 atom stereocenters. The molecule has 7 nitrogen and oxygen atoms in total. The number of aliphatic carboxylic acids is 1. The summed E-state index contributed by atoms with van der Waals surface area (Å²) in [5.74, 6) is -1.75. The second-order valence-electron chi connectivity index (χ2n) is 5.64. The summed E-state index contributed by atoms with van der Waals surface area (Å²) in [5.41, 5.74) is 0. The average molecular weight is 304 g/mol. The topological polar surface area (TPSA) is 104 Å². The number of carbonyl (C=O) groups is 2. The average Bonchev–Trinajstić information content (AvgIpc) is 3.15. The van der Waals surface area contributed by atoms with Crippen LogP contribution < -0.4 is 5.32 Å². The maximum Gasteiger partial charge on any atom is 0.307 e. The van der Waals surface area contributed by atoms with Crippen LogP contribution in [0.2, 0.25) is 0 Å². The third-order valence-corrected chi connectivity index (χ3v) is 5.36. The van der Waals surface area contributed by atoms with Crippen LogP contribution in [0.3, 0.4) is 0 Å². The van der Waals surface area contributed by atoms with Crippen molar-refractivity contribution in [3.8, 4) is 0 Å². The van der Waals surface area contributed by atoms with Crippen molar-refractivity contribution < 1.29 is 23.1 Å². The number of hydrogen-bond acceptors (Lipinski definition) is 4. The van der Waals surface area contributed by atoms with Gasteiger partial charge in [0.1, 0.15) is 0 Å². The van der Waals surface area contributed by atoms with Crippen molar-refractivity contribution in [2.24, 2.45) is 17.8 Å². The summed E-state index contributed by atoms with van der Waals surface area (Å²) in [5, 5.41) is 11.5. The molecule has 0 aromatic rings. The summed E-state index contributed by atoms with van der Waals surface area (Å²) in [6.45, 7) is 1.47. The molecule has 1 aliphatic carbocycles. The van der Waals surface area contributed by atoms with Crippen molar-refractivity contribution >= 4 is 21.9 Å². The molecule has 0 aromatic heterocycles. The molecular formula is C12H20N2O5S. The Balaban J connectivity index is 1.69. The number of carbonyl (C=O) groups excluding carboxylic acids is 1. The Labute approximate surface area is 118 Å². The van der Waals surface area contributed by atoms with Crippen LogP contribution in [0.1, 0.15) is 19.3 Å². The van der Waals surface area contributed by atoms with Crippen LogP contribution in [0.4, 0.5) is 0 Å². The number of carboxylic acids is 1. The highest BCUT2D eigenvalue weighted by molar-refractivity contribution is 7.88. The van der Waals surface area contributed by atoms with Crippen molar-refractivity contribution in [3.63, 3.8) is 0 Å². The molecular weight excluding hydrogens is 284 g/mol. The number of carboxylic acid groups (broad SMARTS) is 1. The zero-order chi connectivity index (χ0) is 14.9. The first-order chi connectivity index (χ1) is 9.29. The number of nitrogens with one attached hydrogen (secondary N) is 1. The zero-order valence-electron chi connectivity index (χ0n) is 11.4. The molecule has 1 amide bonds. The van der Waals surface area contributed by atoms with Gasteiger partial charge in [0, 0.05) is 19.6 Å². The molecule has 0 spiro atoms. The molecule has 2 fully saturated rings. The minimum absolute atomic E-state index is 0.192. The molecule has 20 heavy (non-hydrogen) atoms. The van der Waals surface area contributed by atoms with Crippen molar-refractivity contribution in [2.75, 3.05) is 25.9 Å². The molecule has 114 valence electrons. The first-order valence-corrected chi connectivity index (χ1v) is 8.59. The number of rotatable bonds is 5. The molecule has 2 rings (SSSR count). The van der Waals surface area contributed by atoms with E-state index in [-0.39, 0.29) is 17.7 Å². The van der Waals surface area contributed by atoms with Gasteiger partial charge in [0.2, 0.25) is 15.9 Å². The van der Waals surface area contributed by atoms with E-state index in [2.05, 4.69) is 5.32 Å². The van der Waals surface area contributed by atoms with Gasteiger partial charge in [-0.05, 0) is 25.2 Å². The van der Waals surface area contributed by atoms with E-state index in [4.69, 9.17) is 5.11 Å². The van der Waals surface area contributed by atoms with E-state index in [0.717, 1.165) is 12.8 Å². The Morgan fingerprint density at radius 3 is 2.30 bits per heavy atom. The third-order valence-electron chi connectivity index (χ3n) is 4.05. The van der Waals surface area contributed by atoms with Crippen LogP contribution in [0.15, 0.2) is 0 Å². The number of piperidine rings is 1. The van der Waals surface area contributed by atoms with E-state index < -0.39 is 21.9 Å². The monoisotopic (exact) mass is 304 g/mol. The normalized spacial score (nSPS) is 28.1. The van der Waals surface area contributed by atoms with Crippen LogP contribution in [-0.4, -0.2) is 55.6 Å². The summed E-state index contributed by atoms with van der Waals surface area (Å²) in [6.07, 6.45) is 3.07. The number of amides is 1. The standard InChI is InChI=1S/C12H20N2O5S/c1-20(18,19)14-4-2-8(3-5-14)7-13-11(15)9-6-10(9)12(16)17/h8-10H,2-7H2,1H3,(H,13,15)(H,16,17). The van der Waals surface area contributed by atoms with Gasteiger partial charge in [-0.25, -0.2) is 12.7 Å².